The minimum atomic E-state index is 0.550. The maximum atomic E-state index is 5.50. The molecule has 4 rings (SSSR count). The molecule has 0 radical (unpaired) electrons. The van der Waals surface area contributed by atoms with Crippen molar-refractivity contribution in [2.24, 2.45) is 10.9 Å². The number of benzene rings is 1. The van der Waals surface area contributed by atoms with Gasteiger partial charge in [-0.15, -0.1) is 0 Å². The summed E-state index contributed by atoms with van der Waals surface area (Å²) in [7, 11) is 0. The van der Waals surface area contributed by atoms with Gasteiger partial charge in [0.25, 0.3) is 0 Å². The van der Waals surface area contributed by atoms with E-state index in [-0.39, 0.29) is 0 Å². The number of nitrogens with one attached hydrogen (secondary N) is 1. The van der Waals surface area contributed by atoms with Crippen molar-refractivity contribution in [3.8, 4) is 0 Å². The van der Waals surface area contributed by atoms with Crippen LogP contribution in [0.4, 0.5) is 0 Å². The van der Waals surface area contributed by atoms with Crippen molar-refractivity contribution in [3.05, 3.63) is 59.5 Å². The van der Waals surface area contributed by atoms with E-state index in [2.05, 4.69) is 34.5 Å². The Hall–Kier alpha value is -2.27. The largest absolute Gasteiger partial charge is 0.469 e. The van der Waals surface area contributed by atoms with E-state index in [4.69, 9.17) is 14.1 Å². The molecule has 1 atom stereocenters. The molecule has 0 spiro atoms. The smallest absolute Gasteiger partial charge is 0.194 e. The molecule has 26 heavy (non-hydrogen) atoms. The first-order valence-corrected chi connectivity index (χ1v) is 9.58. The van der Waals surface area contributed by atoms with Gasteiger partial charge in [-0.25, -0.2) is 0 Å². The minimum absolute atomic E-state index is 0.550. The van der Waals surface area contributed by atoms with Crippen LogP contribution >= 0.6 is 0 Å². The lowest BCUT2D eigenvalue weighted by atomic mass is 10.0. The fraction of sp³-hybridized carbons (Fsp3) is 0.476. The predicted molar refractivity (Wildman–Crippen MR) is 102 cm³/mol. The molecule has 1 aromatic heterocycles. The molecule has 5 nitrogen and oxygen atoms in total. The topological polar surface area (TPSA) is 50.0 Å². The molecule has 2 aromatic rings. The lowest BCUT2D eigenvalue weighted by Gasteiger charge is -2.32. The Kier molecular flexibility index (Phi) is 5.55. The fourth-order valence-electron chi connectivity index (χ4n) is 3.64. The van der Waals surface area contributed by atoms with Gasteiger partial charge in [0.2, 0.25) is 0 Å². The van der Waals surface area contributed by atoms with Gasteiger partial charge in [0, 0.05) is 45.1 Å². The summed E-state index contributed by atoms with van der Waals surface area (Å²) in [6.45, 7) is 5.30. The third-order valence-electron chi connectivity index (χ3n) is 5.19. The van der Waals surface area contributed by atoms with E-state index in [1.54, 1.807) is 6.26 Å². The van der Waals surface area contributed by atoms with E-state index in [0.717, 1.165) is 70.4 Å². The zero-order valence-corrected chi connectivity index (χ0v) is 15.2. The van der Waals surface area contributed by atoms with Crippen LogP contribution in [-0.2, 0) is 24.1 Å². The number of hydrogen-bond acceptors (Lipinski definition) is 3. The lowest BCUT2D eigenvalue weighted by Crippen LogP contribution is -2.45. The first kappa shape index (κ1) is 17.2. The summed E-state index contributed by atoms with van der Waals surface area (Å²) in [5.41, 5.74) is 2.87. The van der Waals surface area contributed by atoms with E-state index < -0.39 is 0 Å². The molecule has 1 N–H and O–H groups in total. The molecule has 0 bridgehead atoms. The molecule has 3 heterocycles. The second-order valence-electron chi connectivity index (χ2n) is 7.09. The normalized spacial score (nSPS) is 20.2. The Morgan fingerprint density at radius 1 is 1.19 bits per heavy atom. The van der Waals surface area contributed by atoms with E-state index in [1.807, 2.05) is 12.1 Å². The van der Waals surface area contributed by atoms with Crippen LogP contribution in [0.1, 0.15) is 23.3 Å². The molecule has 138 valence electrons. The van der Waals surface area contributed by atoms with E-state index in [0.29, 0.717) is 5.92 Å². The van der Waals surface area contributed by atoms with Crippen LogP contribution in [0.2, 0.25) is 0 Å². The van der Waals surface area contributed by atoms with Gasteiger partial charge in [0.05, 0.1) is 12.9 Å². The molecule has 0 saturated carbocycles. The third-order valence-corrected chi connectivity index (χ3v) is 5.19. The first-order valence-electron chi connectivity index (χ1n) is 9.58. The van der Waals surface area contributed by atoms with Gasteiger partial charge in [-0.05, 0) is 36.1 Å². The Morgan fingerprint density at radius 2 is 2.12 bits per heavy atom. The highest BCUT2D eigenvalue weighted by Crippen LogP contribution is 2.19. The quantitative estimate of drug-likeness (QED) is 0.663. The van der Waals surface area contributed by atoms with Crippen LogP contribution in [0, 0.1) is 5.92 Å². The van der Waals surface area contributed by atoms with Gasteiger partial charge in [-0.1, -0.05) is 24.3 Å². The van der Waals surface area contributed by atoms with Crippen LogP contribution in [0.25, 0.3) is 0 Å². The van der Waals surface area contributed by atoms with Gasteiger partial charge in [0.1, 0.15) is 5.76 Å². The third kappa shape index (κ3) is 4.28. The monoisotopic (exact) mass is 353 g/mol. The average Bonchev–Trinajstić information content (AvgIpc) is 3.38. The summed E-state index contributed by atoms with van der Waals surface area (Å²) in [4.78, 5) is 7.32. The highest BCUT2D eigenvalue weighted by molar-refractivity contribution is 5.80. The summed E-state index contributed by atoms with van der Waals surface area (Å²) >= 11 is 0. The zero-order valence-electron chi connectivity index (χ0n) is 15.2. The minimum Gasteiger partial charge on any atom is -0.469 e. The summed E-state index contributed by atoms with van der Waals surface area (Å²) in [6, 6.07) is 12.7. The van der Waals surface area contributed by atoms with Crippen LogP contribution in [0.5, 0.6) is 0 Å². The number of rotatable bonds is 5. The van der Waals surface area contributed by atoms with Crippen molar-refractivity contribution in [2.75, 3.05) is 32.8 Å². The summed E-state index contributed by atoms with van der Waals surface area (Å²) in [6.07, 6.45) is 4.78. The van der Waals surface area contributed by atoms with Gasteiger partial charge < -0.3 is 19.4 Å². The number of furan rings is 1. The molecule has 0 amide bonds. The SMILES string of the molecule is c1coc(CCNC(=NCC2CCOC2)N2CCc3ccccc3C2)c1. The summed E-state index contributed by atoms with van der Waals surface area (Å²) in [5.74, 6) is 2.57. The number of guanidine groups is 1. The van der Waals surface area contributed by atoms with E-state index >= 15 is 0 Å². The molecule has 0 aliphatic carbocycles. The van der Waals surface area contributed by atoms with Gasteiger partial charge in [0.15, 0.2) is 5.96 Å². The maximum Gasteiger partial charge on any atom is 0.194 e. The molecule has 2 aliphatic heterocycles. The molecular weight excluding hydrogens is 326 g/mol. The lowest BCUT2D eigenvalue weighted by molar-refractivity contribution is 0.187. The second kappa shape index (κ2) is 8.41. The molecule has 5 heteroatoms. The Balaban J connectivity index is 1.42. The van der Waals surface area contributed by atoms with Crippen LogP contribution in [-0.4, -0.2) is 43.7 Å². The molecular formula is C21H27N3O2. The highest BCUT2D eigenvalue weighted by atomic mass is 16.5. The highest BCUT2D eigenvalue weighted by Gasteiger charge is 2.20. The molecule has 1 unspecified atom stereocenters. The van der Waals surface area contributed by atoms with Gasteiger partial charge in [-0.3, -0.25) is 4.99 Å². The Bertz CT molecular complexity index is 721. The summed E-state index contributed by atoms with van der Waals surface area (Å²) < 4.78 is 10.9. The molecule has 1 aromatic carbocycles. The van der Waals surface area contributed by atoms with Crippen molar-refractivity contribution < 1.29 is 9.15 Å². The number of aliphatic imine (C=N–C) groups is 1. The number of fused-ring (bicyclic) bond motifs is 1. The van der Waals surface area contributed by atoms with Crippen molar-refractivity contribution in [1.82, 2.24) is 10.2 Å². The van der Waals surface area contributed by atoms with Crippen LogP contribution < -0.4 is 5.32 Å². The summed E-state index contributed by atoms with van der Waals surface area (Å²) in [5, 5.41) is 3.56. The zero-order chi connectivity index (χ0) is 17.6. The fourth-order valence-corrected chi connectivity index (χ4v) is 3.64. The Labute approximate surface area is 155 Å². The Morgan fingerprint density at radius 3 is 2.92 bits per heavy atom. The van der Waals surface area contributed by atoms with Crippen molar-refractivity contribution in [2.45, 2.75) is 25.8 Å². The van der Waals surface area contributed by atoms with Crippen LogP contribution in [0.15, 0.2) is 52.1 Å². The predicted octanol–water partition coefficient (Wildman–Crippen LogP) is 2.86. The molecule has 2 aliphatic rings. The maximum absolute atomic E-state index is 5.50. The number of hydrogen-bond donors (Lipinski definition) is 1. The average molecular weight is 353 g/mol. The molecule has 1 fully saturated rings. The number of ether oxygens (including phenoxy) is 1. The number of nitrogens with zero attached hydrogens (tertiary/aromatic N) is 2. The van der Waals surface area contributed by atoms with Gasteiger partial charge >= 0.3 is 0 Å². The first-order chi connectivity index (χ1) is 12.9. The van der Waals surface area contributed by atoms with Crippen LogP contribution in [0.3, 0.4) is 0 Å². The standard InChI is InChI=1S/C21H27N3O2/c1-2-5-19-15-24(11-8-18(19)4-1)21(23-14-17-9-13-25-16-17)22-10-7-20-6-3-12-26-20/h1-6,12,17H,7-11,13-16H2,(H,22,23). The second-order valence-corrected chi connectivity index (χ2v) is 7.09. The van der Waals surface area contributed by atoms with Crippen molar-refractivity contribution >= 4 is 5.96 Å². The van der Waals surface area contributed by atoms with E-state index in [9.17, 15) is 0 Å². The molecule has 1 saturated heterocycles. The van der Waals surface area contributed by atoms with E-state index in [1.165, 1.54) is 11.1 Å². The van der Waals surface area contributed by atoms with Gasteiger partial charge in [-0.2, -0.15) is 0 Å². The van der Waals surface area contributed by atoms with Crippen molar-refractivity contribution in [3.63, 3.8) is 0 Å². The van der Waals surface area contributed by atoms with Crippen molar-refractivity contribution in [1.29, 1.82) is 0 Å².